The Kier molecular flexibility index (Phi) is 7.30. The first-order valence-corrected chi connectivity index (χ1v) is 11.6. The molecule has 2 heterocycles. The van der Waals surface area contributed by atoms with Crippen LogP contribution >= 0.6 is 0 Å². The number of methoxy groups -OCH3 is 1. The molecule has 6 heteroatoms. The Morgan fingerprint density at radius 3 is 2.41 bits per heavy atom. The number of benzene rings is 2. The molecule has 6 nitrogen and oxygen atoms in total. The third-order valence-electron chi connectivity index (χ3n) is 6.59. The van der Waals surface area contributed by atoms with Gasteiger partial charge < -0.3 is 19.4 Å². The third kappa shape index (κ3) is 5.23. The lowest BCUT2D eigenvalue weighted by Gasteiger charge is -2.37. The molecule has 0 saturated carbocycles. The molecule has 2 aliphatic rings. The Morgan fingerprint density at radius 2 is 1.66 bits per heavy atom. The van der Waals surface area contributed by atoms with E-state index in [0.29, 0.717) is 26.1 Å². The molecule has 0 aliphatic carbocycles. The zero-order valence-corrected chi connectivity index (χ0v) is 18.9. The van der Waals surface area contributed by atoms with E-state index < -0.39 is 0 Å². The van der Waals surface area contributed by atoms with E-state index in [1.807, 2.05) is 46.2 Å². The number of rotatable bonds is 6. The van der Waals surface area contributed by atoms with Crippen molar-refractivity contribution in [3.05, 3.63) is 60.2 Å². The van der Waals surface area contributed by atoms with Crippen LogP contribution in [0.25, 0.3) is 0 Å². The lowest BCUT2D eigenvalue weighted by Crippen LogP contribution is -2.49. The minimum Gasteiger partial charge on any atom is -0.495 e. The van der Waals surface area contributed by atoms with Crippen LogP contribution in [0.5, 0.6) is 5.75 Å². The van der Waals surface area contributed by atoms with Crippen molar-refractivity contribution in [2.45, 2.75) is 32.2 Å². The van der Waals surface area contributed by atoms with Gasteiger partial charge in [-0.2, -0.15) is 0 Å². The van der Waals surface area contributed by atoms with Gasteiger partial charge in [0.15, 0.2) is 0 Å². The van der Waals surface area contributed by atoms with E-state index in [4.69, 9.17) is 4.74 Å². The van der Waals surface area contributed by atoms with Crippen LogP contribution in [0.15, 0.2) is 54.6 Å². The summed E-state index contributed by atoms with van der Waals surface area (Å²) in [5.74, 6) is 0.882. The van der Waals surface area contributed by atoms with Crippen LogP contribution in [-0.2, 0) is 16.1 Å². The van der Waals surface area contributed by atoms with E-state index in [-0.39, 0.29) is 17.7 Å². The topological polar surface area (TPSA) is 53.1 Å². The lowest BCUT2D eigenvalue weighted by atomic mass is 9.97. The second kappa shape index (κ2) is 10.5. The number of hydrogen-bond donors (Lipinski definition) is 0. The molecule has 0 aromatic heterocycles. The summed E-state index contributed by atoms with van der Waals surface area (Å²) in [5.41, 5.74) is 2.21. The molecule has 0 bridgehead atoms. The van der Waals surface area contributed by atoms with Gasteiger partial charge in [-0.1, -0.05) is 48.9 Å². The number of amides is 2. The van der Waals surface area contributed by atoms with Gasteiger partial charge in [0.05, 0.1) is 12.8 Å². The van der Waals surface area contributed by atoms with Crippen LogP contribution in [0.2, 0.25) is 0 Å². The maximum absolute atomic E-state index is 13.2. The Morgan fingerprint density at radius 1 is 0.938 bits per heavy atom. The molecule has 0 spiro atoms. The highest BCUT2D eigenvalue weighted by Crippen LogP contribution is 2.29. The Labute approximate surface area is 190 Å². The first-order chi connectivity index (χ1) is 15.7. The van der Waals surface area contributed by atoms with E-state index in [2.05, 4.69) is 23.1 Å². The maximum Gasteiger partial charge on any atom is 0.226 e. The summed E-state index contributed by atoms with van der Waals surface area (Å²) in [6, 6.07) is 18.1. The molecule has 2 saturated heterocycles. The summed E-state index contributed by atoms with van der Waals surface area (Å²) in [6.07, 6.45) is 3.12. The van der Waals surface area contributed by atoms with Crippen molar-refractivity contribution >= 4 is 17.5 Å². The van der Waals surface area contributed by atoms with E-state index >= 15 is 0 Å². The number of para-hydroxylation sites is 2. The zero-order valence-electron chi connectivity index (χ0n) is 18.9. The first kappa shape index (κ1) is 22.2. The highest BCUT2D eigenvalue weighted by atomic mass is 16.5. The molecule has 2 aliphatic heterocycles. The highest BCUT2D eigenvalue weighted by Gasteiger charge is 2.31. The predicted molar refractivity (Wildman–Crippen MR) is 126 cm³/mol. The van der Waals surface area contributed by atoms with E-state index in [9.17, 15) is 9.59 Å². The number of anilines is 1. The summed E-state index contributed by atoms with van der Waals surface area (Å²) in [5, 5.41) is 0. The van der Waals surface area contributed by atoms with Crippen molar-refractivity contribution in [2.24, 2.45) is 5.92 Å². The number of carbonyl (C=O) groups is 2. The fourth-order valence-electron chi connectivity index (χ4n) is 4.76. The number of piperazine rings is 1. The minimum absolute atomic E-state index is 0.101. The average molecular weight is 436 g/mol. The molecule has 4 rings (SSSR count). The Hall–Kier alpha value is -3.02. The smallest absolute Gasteiger partial charge is 0.226 e. The zero-order chi connectivity index (χ0) is 22.3. The van der Waals surface area contributed by atoms with Crippen LogP contribution in [0, 0.1) is 5.92 Å². The summed E-state index contributed by atoms with van der Waals surface area (Å²) in [4.78, 5) is 32.4. The Balaban J connectivity index is 1.33. The van der Waals surface area contributed by atoms with Crippen molar-refractivity contribution in [3.8, 4) is 5.75 Å². The molecular formula is C26H33N3O3. The van der Waals surface area contributed by atoms with Gasteiger partial charge in [0, 0.05) is 51.6 Å². The number of nitrogens with zero attached hydrogens (tertiary/aromatic N) is 3. The van der Waals surface area contributed by atoms with Gasteiger partial charge in [0.1, 0.15) is 5.75 Å². The van der Waals surface area contributed by atoms with E-state index in [0.717, 1.165) is 55.9 Å². The molecule has 0 N–H and O–H groups in total. The van der Waals surface area contributed by atoms with Gasteiger partial charge in [-0.3, -0.25) is 9.59 Å². The predicted octanol–water partition coefficient (Wildman–Crippen LogP) is 3.56. The molecule has 2 aromatic carbocycles. The lowest BCUT2D eigenvalue weighted by molar-refractivity contribution is -0.141. The fraction of sp³-hybridized carbons (Fsp3) is 0.462. The number of likely N-dealkylation sites (tertiary alicyclic amines) is 1. The van der Waals surface area contributed by atoms with Crippen molar-refractivity contribution in [3.63, 3.8) is 0 Å². The second-order valence-corrected chi connectivity index (χ2v) is 8.68. The van der Waals surface area contributed by atoms with E-state index in [1.165, 1.54) is 0 Å². The highest BCUT2D eigenvalue weighted by molar-refractivity contribution is 5.86. The Bertz CT molecular complexity index is 910. The molecule has 1 unspecified atom stereocenters. The molecule has 170 valence electrons. The van der Waals surface area contributed by atoms with Crippen molar-refractivity contribution in [2.75, 3.05) is 44.7 Å². The van der Waals surface area contributed by atoms with Crippen LogP contribution in [0.3, 0.4) is 0 Å². The quantitative estimate of drug-likeness (QED) is 0.696. The largest absolute Gasteiger partial charge is 0.495 e. The molecule has 32 heavy (non-hydrogen) atoms. The molecule has 1 atom stereocenters. The second-order valence-electron chi connectivity index (χ2n) is 8.68. The molecule has 2 fully saturated rings. The fourth-order valence-corrected chi connectivity index (χ4v) is 4.76. The first-order valence-electron chi connectivity index (χ1n) is 11.6. The normalized spacial score (nSPS) is 19.6. The van der Waals surface area contributed by atoms with Gasteiger partial charge in [-0.05, 0) is 30.5 Å². The van der Waals surface area contributed by atoms with Gasteiger partial charge in [0.25, 0.3) is 0 Å². The average Bonchev–Trinajstić information content (AvgIpc) is 3.01. The van der Waals surface area contributed by atoms with Crippen molar-refractivity contribution < 1.29 is 14.3 Å². The summed E-state index contributed by atoms with van der Waals surface area (Å²) in [6.45, 7) is 4.28. The van der Waals surface area contributed by atoms with Gasteiger partial charge in [-0.15, -0.1) is 0 Å². The number of carbonyl (C=O) groups excluding carboxylic acids is 2. The number of ether oxygens (including phenoxy) is 1. The van der Waals surface area contributed by atoms with Crippen molar-refractivity contribution in [1.29, 1.82) is 0 Å². The molecule has 2 amide bonds. The standard InChI is InChI=1S/C26H33N3O3/c1-32-24-13-6-5-12-23(24)27-15-17-28(18-16-27)25(30)19-22-11-7-8-14-29(26(22)31)20-21-9-3-2-4-10-21/h2-6,9-10,12-13,22H,7-8,11,14-20H2,1H3. The van der Waals surface area contributed by atoms with Gasteiger partial charge >= 0.3 is 0 Å². The number of hydrogen-bond acceptors (Lipinski definition) is 4. The van der Waals surface area contributed by atoms with Gasteiger partial charge in [0.2, 0.25) is 11.8 Å². The molecule has 0 radical (unpaired) electrons. The molecular weight excluding hydrogens is 402 g/mol. The SMILES string of the molecule is COc1ccccc1N1CCN(C(=O)CC2CCCCN(Cc3ccccc3)C2=O)CC1. The van der Waals surface area contributed by atoms with Crippen LogP contribution in [0.4, 0.5) is 5.69 Å². The minimum atomic E-state index is -0.207. The summed E-state index contributed by atoms with van der Waals surface area (Å²) >= 11 is 0. The monoisotopic (exact) mass is 435 g/mol. The third-order valence-corrected chi connectivity index (χ3v) is 6.59. The van der Waals surface area contributed by atoms with Gasteiger partial charge in [-0.25, -0.2) is 0 Å². The van der Waals surface area contributed by atoms with Crippen molar-refractivity contribution in [1.82, 2.24) is 9.80 Å². The van der Waals surface area contributed by atoms with E-state index in [1.54, 1.807) is 7.11 Å². The summed E-state index contributed by atoms with van der Waals surface area (Å²) in [7, 11) is 1.68. The maximum atomic E-state index is 13.2. The van der Waals surface area contributed by atoms with Crippen LogP contribution in [-0.4, -0.2) is 61.4 Å². The van der Waals surface area contributed by atoms with Crippen LogP contribution in [0.1, 0.15) is 31.2 Å². The van der Waals surface area contributed by atoms with Crippen LogP contribution < -0.4 is 9.64 Å². The molecule has 2 aromatic rings. The summed E-state index contributed by atoms with van der Waals surface area (Å²) < 4.78 is 5.49.